The van der Waals surface area contributed by atoms with Gasteiger partial charge in [-0.2, -0.15) is 4.39 Å². The Morgan fingerprint density at radius 2 is 2.36 bits per heavy atom. The average Bonchev–Trinajstić information content (AvgIpc) is 2.30. The lowest BCUT2D eigenvalue weighted by molar-refractivity contribution is 0.506. The fourth-order valence-corrected chi connectivity index (χ4v) is 0.996. The molecule has 4 heteroatoms. The van der Waals surface area contributed by atoms with Crippen molar-refractivity contribution in [3.63, 3.8) is 0 Å². The lowest BCUT2D eigenvalue weighted by Crippen LogP contribution is -1.92. The molecule has 0 aliphatic carbocycles. The van der Waals surface area contributed by atoms with Gasteiger partial charge in [-0.15, -0.1) is 0 Å². The fraction of sp³-hybridized carbons (Fsp3) is 0.143. The van der Waals surface area contributed by atoms with E-state index in [1.54, 1.807) is 25.4 Å². The van der Waals surface area contributed by atoms with Crippen LogP contribution in [-0.2, 0) is 7.05 Å². The first-order valence-corrected chi connectivity index (χ1v) is 3.22. The second kappa shape index (κ2) is 2.02. The number of fused-ring (bicyclic) bond motifs is 1. The number of nitrogens with zero attached hydrogens (tertiary/aromatic N) is 3. The normalized spacial score (nSPS) is 10.7. The van der Waals surface area contributed by atoms with E-state index < -0.39 is 6.08 Å². The Labute approximate surface area is 62.5 Å². The van der Waals surface area contributed by atoms with Crippen LogP contribution in [0.15, 0.2) is 18.3 Å². The van der Waals surface area contributed by atoms with E-state index in [0.717, 1.165) is 0 Å². The van der Waals surface area contributed by atoms with E-state index in [2.05, 4.69) is 9.97 Å². The number of pyridine rings is 1. The van der Waals surface area contributed by atoms with Crippen LogP contribution < -0.4 is 0 Å². The van der Waals surface area contributed by atoms with Crippen LogP contribution in [-0.4, -0.2) is 14.5 Å². The van der Waals surface area contributed by atoms with E-state index in [1.165, 1.54) is 4.57 Å². The molecule has 0 aliphatic rings. The lowest BCUT2D eigenvalue weighted by atomic mass is 10.4. The first-order valence-electron chi connectivity index (χ1n) is 3.22. The maximum atomic E-state index is 12.7. The Hall–Kier alpha value is -1.45. The third kappa shape index (κ3) is 0.790. The molecule has 0 saturated heterocycles. The van der Waals surface area contributed by atoms with Gasteiger partial charge >= 0.3 is 0 Å². The van der Waals surface area contributed by atoms with Crippen LogP contribution in [0.3, 0.4) is 0 Å². The maximum absolute atomic E-state index is 12.7. The van der Waals surface area contributed by atoms with Gasteiger partial charge in [0.05, 0.1) is 0 Å². The van der Waals surface area contributed by atoms with Crippen LogP contribution in [0.1, 0.15) is 0 Å². The molecule has 0 amide bonds. The molecule has 0 aromatic carbocycles. The van der Waals surface area contributed by atoms with Gasteiger partial charge < -0.3 is 0 Å². The minimum atomic E-state index is -0.501. The molecule has 0 unspecified atom stereocenters. The van der Waals surface area contributed by atoms with Crippen LogP contribution in [0.2, 0.25) is 0 Å². The van der Waals surface area contributed by atoms with Crippen molar-refractivity contribution in [2.75, 3.05) is 0 Å². The summed E-state index contributed by atoms with van der Waals surface area (Å²) in [4.78, 5) is 7.61. The highest BCUT2D eigenvalue weighted by atomic mass is 19.1. The minimum absolute atomic E-state index is 0.501. The van der Waals surface area contributed by atoms with Gasteiger partial charge in [0, 0.05) is 13.2 Å². The number of hydrogen-bond donors (Lipinski definition) is 0. The Morgan fingerprint density at radius 1 is 1.55 bits per heavy atom. The third-order valence-electron chi connectivity index (χ3n) is 1.57. The van der Waals surface area contributed by atoms with Crippen molar-refractivity contribution in [2.24, 2.45) is 7.05 Å². The maximum Gasteiger partial charge on any atom is 0.291 e. The van der Waals surface area contributed by atoms with Crippen LogP contribution >= 0.6 is 0 Å². The zero-order valence-corrected chi connectivity index (χ0v) is 5.95. The molecule has 11 heavy (non-hydrogen) atoms. The topological polar surface area (TPSA) is 30.7 Å². The Kier molecular flexibility index (Phi) is 1.15. The number of halogens is 1. The molecular weight excluding hydrogens is 145 g/mol. The Bertz CT molecular complexity index is 393. The summed E-state index contributed by atoms with van der Waals surface area (Å²) in [6.07, 6.45) is 1.11. The molecule has 0 spiro atoms. The van der Waals surface area contributed by atoms with E-state index in [9.17, 15) is 4.39 Å². The van der Waals surface area contributed by atoms with Gasteiger partial charge in [0.15, 0.2) is 5.65 Å². The van der Waals surface area contributed by atoms with Crippen LogP contribution in [0.4, 0.5) is 4.39 Å². The smallest absolute Gasteiger partial charge is 0.288 e. The minimum Gasteiger partial charge on any atom is -0.288 e. The summed E-state index contributed by atoms with van der Waals surface area (Å²) >= 11 is 0. The molecule has 0 radical (unpaired) electrons. The molecule has 0 fully saturated rings. The summed E-state index contributed by atoms with van der Waals surface area (Å²) < 4.78 is 14.1. The van der Waals surface area contributed by atoms with Gasteiger partial charge in [-0.1, -0.05) is 0 Å². The van der Waals surface area contributed by atoms with E-state index in [1.807, 2.05) is 0 Å². The summed E-state index contributed by atoms with van der Waals surface area (Å²) in [6.45, 7) is 0. The average molecular weight is 151 g/mol. The molecule has 2 heterocycles. The van der Waals surface area contributed by atoms with E-state index in [4.69, 9.17) is 0 Å². The van der Waals surface area contributed by atoms with Crippen molar-refractivity contribution in [2.45, 2.75) is 0 Å². The van der Waals surface area contributed by atoms with Gasteiger partial charge in [0.25, 0.3) is 6.08 Å². The zero-order valence-electron chi connectivity index (χ0n) is 5.95. The van der Waals surface area contributed by atoms with Crippen molar-refractivity contribution in [1.29, 1.82) is 0 Å². The number of aryl methyl sites for hydroxylation is 1. The molecule has 0 N–H and O–H groups in total. The van der Waals surface area contributed by atoms with Gasteiger partial charge in [-0.05, 0) is 12.1 Å². The summed E-state index contributed by atoms with van der Waals surface area (Å²) in [6, 6.07) is 3.46. The third-order valence-corrected chi connectivity index (χ3v) is 1.57. The first-order chi connectivity index (χ1) is 5.29. The molecule has 3 nitrogen and oxygen atoms in total. The van der Waals surface area contributed by atoms with Crippen LogP contribution in [0.25, 0.3) is 11.2 Å². The van der Waals surface area contributed by atoms with Crippen molar-refractivity contribution < 1.29 is 4.39 Å². The van der Waals surface area contributed by atoms with Gasteiger partial charge in [0.2, 0.25) is 0 Å². The molecular formula is C7H6FN3. The molecule has 2 aromatic heterocycles. The zero-order chi connectivity index (χ0) is 7.84. The molecule has 2 rings (SSSR count). The molecule has 0 atom stereocenters. The summed E-state index contributed by atoms with van der Waals surface area (Å²) in [5.74, 6) is 0. The van der Waals surface area contributed by atoms with Crippen molar-refractivity contribution in [3.05, 3.63) is 24.4 Å². The number of rotatable bonds is 0. The molecule has 56 valence electrons. The highest BCUT2D eigenvalue weighted by molar-refractivity contribution is 5.69. The highest BCUT2D eigenvalue weighted by Crippen LogP contribution is 2.09. The fourth-order valence-electron chi connectivity index (χ4n) is 0.996. The lowest BCUT2D eigenvalue weighted by Gasteiger charge is -1.90. The molecule has 0 saturated carbocycles. The van der Waals surface area contributed by atoms with Crippen molar-refractivity contribution >= 4 is 11.2 Å². The van der Waals surface area contributed by atoms with Crippen molar-refractivity contribution in [3.8, 4) is 0 Å². The highest BCUT2D eigenvalue weighted by Gasteiger charge is 2.05. The number of aromatic nitrogens is 3. The largest absolute Gasteiger partial charge is 0.291 e. The van der Waals surface area contributed by atoms with Crippen LogP contribution in [0.5, 0.6) is 0 Å². The Morgan fingerprint density at radius 3 is 3.09 bits per heavy atom. The standard InChI is InChI=1S/C7H6FN3/c1-11-6-5(10-7(11)8)3-2-4-9-6/h2-4H,1H3. The first kappa shape index (κ1) is 6.27. The van der Waals surface area contributed by atoms with Gasteiger partial charge in [0.1, 0.15) is 5.52 Å². The van der Waals surface area contributed by atoms with Crippen LogP contribution in [0, 0.1) is 6.08 Å². The second-order valence-electron chi connectivity index (χ2n) is 2.29. The summed E-state index contributed by atoms with van der Waals surface area (Å²) in [7, 11) is 1.59. The van der Waals surface area contributed by atoms with E-state index >= 15 is 0 Å². The summed E-state index contributed by atoms with van der Waals surface area (Å²) in [5, 5.41) is 0. The van der Waals surface area contributed by atoms with Crippen molar-refractivity contribution in [1.82, 2.24) is 14.5 Å². The molecule has 0 bridgehead atoms. The Balaban J connectivity index is 2.92. The number of imidazole rings is 1. The van der Waals surface area contributed by atoms with Gasteiger partial charge in [-0.25, -0.2) is 9.97 Å². The van der Waals surface area contributed by atoms with E-state index in [0.29, 0.717) is 11.2 Å². The second-order valence-corrected chi connectivity index (χ2v) is 2.29. The predicted octanol–water partition coefficient (Wildman–Crippen LogP) is 1.11. The van der Waals surface area contributed by atoms with Gasteiger partial charge in [-0.3, -0.25) is 4.57 Å². The summed E-state index contributed by atoms with van der Waals surface area (Å²) in [5.41, 5.74) is 1.16. The SMILES string of the molecule is Cn1c(F)nc2cccnc21. The quantitative estimate of drug-likeness (QED) is 0.564. The predicted molar refractivity (Wildman–Crippen MR) is 38.5 cm³/mol. The monoisotopic (exact) mass is 151 g/mol. The number of hydrogen-bond acceptors (Lipinski definition) is 2. The molecule has 0 aliphatic heterocycles. The molecule has 2 aromatic rings. The van der Waals surface area contributed by atoms with E-state index in [-0.39, 0.29) is 0 Å².